The van der Waals surface area contributed by atoms with E-state index in [0.29, 0.717) is 0 Å². The van der Waals surface area contributed by atoms with Crippen molar-refractivity contribution < 1.29 is 0 Å². The number of nitrogens with one attached hydrogen (secondary N) is 1. The van der Waals surface area contributed by atoms with E-state index in [0.717, 1.165) is 5.88 Å². The standard InChI is InChI=1S/C8H9NS.C3H8.2C2H6/c1-6-2-3-7-8(4-6)10-5-9-7;1-3-2;2*1-2/h2-4,9H,5H2,1H3;3H2,1-2H3;2*1-2H3. The highest BCUT2D eigenvalue weighted by molar-refractivity contribution is 7.99. The van der Waals surface area contributed by atoms with Crippen molar-refractivity contribution in [2.24, 2.45) is 0 Å². The van der Waals surface area contributed by atoms with Gasteiger partial charge in [-0.3, -0.25) is 0 Å². The van der Waals surface area contributed by atoms with Crippen LogP contribution in [0.5, 0.6) is 0 Å². The molecule has 1 heterocycles. The summed E-state index contributed by atoms with van der Waals surface area (Å²) in [5, 5.41) is 3.29. The first-order valence-corrected chi connectivity index (χ1v) is 7.73. The molecule has 0 fully saturated rings. The van der Waals surface area contributed by atoms with E-state index in [-0.39, 0.29) is 0 Å². The number of hydrogen-bond acceptors (Lipinski definition) is 2. The molecule has 0 saturated heterocycles. The molecule has 17 heavy (non-hydrogen) atoms. The highest BCUT2D eigenvalue weighted by Gasteiger charge is 2.08. The summed E-state index contributed by atoms with van der Waals surface area (Å²) >= 11 is 1.87. The number of rotatable bonds is 0. The molecule has 0 saturated carbocycles. The Balaban J connectivity index is 0. The average molecular weight is 255 g/mol. The molecular formula is C15H29NS. The number of aryl methyl sites for hydroxylation is 1. The number of benzene rings is 1. The largest absolute Gasteiger partial charge is 0.375 e. The fourth-order valence-electron chi connectivity index (χ4n) is 1.09. The van der Waals surface area contributed by atoms with E-state index in [1.54, 1.807) is 0 Å². The van der Waals surface area contributed by atoms with E-state index >= 15 is 0 Å². The van der Waals surface area contributed by atoms with Gasteiger partial charge in [-0.15, -0.1) is 11.8 Å². The van der Waals surface area contributed by atoms with Crippen LogP contribution in [-0.4, -0.2) is 5.88 Å². The summed E-state index contributed by atoms with van der Waals surface area (Å²) in [6.45, 7) is 14.4. The van der Waals surface area contributed by atoms with Gasteiger partial charge < -0.3 is 5.32 Å². The molecule has 1 nitrogen and oxygen atoms in total. The van der Waals surface area contributed by atoms with Crippen molar-refractivity contribution in [3.05, 3.63) is 23.8 Å². The van der Waals surface area contributed by atoms with Crippen molar-refractivity contribution >= 4 is 17.4 Å². The molecule has 0 amide bonds. The van der Waals surface area contributed by atoms with Crippen molar-refractivity contribution in [3.63, 3.8) is 0 Å². The van der Waals surface area contributed by atoms with Gasteiger partial charge in [-0.1, -0.05) is 54.0 Å². The van der Waals surface area contributed by atoms with Crippen LogP contribution in [0.15, 0.2) is 23.1 Å². The monoisotopic (exact) mass is 255 g/mol. The second-order valence-electron chi connectivity index (χ2n) is 3.17. The van der Waals surface area contributed by atoms with Crippen molar-refractivity contribution in [1.29, 1.82) is 0 Å². The quantitative estimate of drug-likeness (QED) is 0.616. The third-order valence-electron chi connectivity index (χ3n) is 1.63. The van der Waals surface area contributed by atoms with Crippen molar-refractivity contribution in [2.45, 2.75) is 59.8 Å². The Morgan fingerprint density at radius 3 is 2.18 bits per heavy atom. The molecule has 0 spiro atoms. The lowest BCUT2D eigenvalue weighted by atomic mass is 10.2. The lowest BCUT2D eigenvalue weighted by Gasteiger charge is -1.97. The zero-order chi connectivity index (χ0) is 13.7. The number of anilines is 1. The van der Waals surface area contributed by atoms with Gasteiger partial charge in [0.1, 0.15) is 0 Å². The Hall–Kier alpha value is -0.630. The van der Waals surface area contributed by atoms with Crippen LogP contribution in [0.2, 0.25) is 0 Å². The molecule has 100 valence electrons. The maximum Gasteiger partial charge on any atom is 0.0658 e. The van der Waals surface area contributed by atoms with Crippen molar-refractivity contribution in [3.8, 4) is 0 Å². The van der Waals surface area contributed by atoms with Crippen LogP contribution in [0.1, 0.15) is 53.5 Å². The van der Waals surface area contributed by atoms with Crippen molar-refractivity contribution in [1.82, 2.24) is 0 Å². The summed E-state index contributed by atoms with van der Waals surface area (Å²) in [4.78, 5) is 1.39. The maximum absolute atomic E-state index is 3.29. The third-order valence-corrected chi connectivity index (χ3v) is 2.56. The highest BCUT2D eigenvalue weighted by atomic mass is 32.2. The summed E-state index contributed by atoms with van der Waals surface area (Å²) in [7, 11) is 0. The van der Waals surface area contributed by atoms with E-state index in [9.17, 15) is 0 Å². The summed E-state index contributed by atoms with van der Waals surface area (Å²) in [6.07, 6.45) is 1.25. The Labute approximate surface area is 112 Å². The normalized spacial score (nSPS) is 10.3. The molecule has 1 aromatic rings. The topological polar surface area (TPSA) is 12.0 Å². The Morgan fingerprint density at radius 1 is 1.12 bits per heavy atom. The Morgan fingerprint density at radius 2 is 1.65 bits per heavy atom. The predicted molar refractivity (Wildman–Crippen MR) is 84.2 cm³/mol. The van der Waals surface area contributed by atoms with Crippen LogP contribution in [0, 0.1) is 6.92 Å². The molecule has 0 aliphatic carbocycles. The smallest absolute Gasteiger partial charge is 0.0658 e. The van der Waals surface area contributed by atoms with Gasteiger partial charge in [0.25, 0.3) is 0 Å². The minimum Gasteiger partial charge on any atom is -0.375 e. The van der Waals surface area contributed by atoms with E-state index in [1.807, 2.05) is 39.5 Å². The molecule has 1 aliphatic heterocycles. The fraction of sp³-hybridized carbons (Fsp3) is 0.600. The third kappa shape index (κ3) is 8.14. The molecule has 1 aliphatic rings. The lowest BCUT2D eigenvalue weighted by Crippen LogP contribution is -1.87. The Bertz CT molecular complexity index is 272. The van der Waals surface area contributed by atoms with Crippen LogP contribution in [0.4, 0.5) is 5.69 Å². The molecule has 0 unspecified atom stereocenters. The molecule has 0 aromatic heterocycles. The summed E-state index contributed by atoms with van der Waals surface area (Å²) in [5.41, 5.74) is 2.63. The van der Waals surface area contributed by atoms with Gasteiger partial charge in [0.15, 0.2) is 0 Å². The lowest BCUT2D eigenvalue weighted by molar-refractivity contribution is 1.09. The zero-order valence-corrected chi connectivity index (χ0v) is 13.4. The highest BCUT2D eigenvalue weighted by Crippen LogP contribution is 2.33. The van der Waals surface area contributed by atoms with Crippen molar-refractivity contribution in [2.75, 3.05) is 11.2 Å². The molecule has 0 atom stereocenters. The van der Waals surface area contributed by atoms with Gasteiger partial charge >= 0.3 is 0 Å². The van der Waals surface area contributed by atoms with E-state index < -0.39 is 0 Å². The minimum absolute atomic E-state index is 1.03. The molecule has 1 aromatic carbocycles. The van der Waals surface area contributed by atoms with Gasteiger partial charge in [0, 0.05) is 10.6 Å². The summed E-state index contributed by atoms with van der Waals surface area (Å²) in [6, 6.07) is 6.50. The van der Waals surface area contributed by atoms with Crippen LogP contribution >= 0.6 is 11.8 Å². The van der Waals surface area contributed by atoms with Crippen LogP contribution < -0.4 is 5.32 Å². The van der Waals surface area contributed by atoms with Gasteiger partial charge in [0.2, 0.25) is 0 Å². The van der Waals surface area contributed by atoms with Crippen LogP contribution in [0.25, 0.3) is 0 Å². The van der Waals surface area contributed by atoms with Gasteiger partial charge in [-0.05, 0) is 24.6 Å². The average Bonchev–Trinajstić information content (AvgIpc) is 2.82. The number of fused-ring (bicyclic) bond motifs is 1. The molecule has 2 rings (SSSR count). The molecular weight excluding hydrogens is 226 g/mol. The number of thioether (sulfide) groups is 1. The SMILES string of the molecule is CC.CC.CCC.Cc1ccc2c(c1)SCN2. The molecule has 0 radical (unpaired) electrons. The minimum atomic E-state index is 1.03. The van der Waals surface area contributed by atoms with E-state index in [1.165, 1.54) is 22.6 Å². The molecule has 2 heteroatoms. The van der Waals surface area contributed by atoms with Crippen LogP contribution in [-0.2, 0) is 0 Å². The predicted octanol–water partition coefficient (Wildman–Crippen LogP) is 5.94. The second-order valence-corrected chi connectivity index (χ2v) is 4.19. The summed E-state index contributed by atoms with van der Waals surface area (Å²) in [5.74, 6) is 1.03. The van der Waals surface area contributed by atoms with Gasteiger partial charge in [-0.25, -0.2) is 0 Å². The first-order chi connectivity index (χ1) is 8.27. The Kier molecular flexibility index (Phi) is 14.8. The first-order valence-electron chi connectivity index (χ1n) is 6.75. The maximum atomic E-state index is 3.29. The summed E-state index contributed by atoms with van der Waals surface area (Å²) < 4.78 is 0. The van der Waals surface area contributed by atoms with E-state index in [2.05, 4.69) is 44.3 Å². The van der Waals surface area contributed by atoms with Crippen LogP contribution in [0.3, 0.4) is 0 Å². The first kappa shape index (κ1) is 18.7. The zero-order valence-electron chi connectivity index (χ0n) is 12.6. The molecule has 1 N–H and O–H groups in total. The van der Waals surface area contributed by atoms with Gasteiger partial charge in [-0.2, -0.15) is 0 Å². The molecule has 0 bridgehead atoms. The second kappa shape index (κ2) is 13.4. The number of hydrogen-bond donors (Lipinski definition) is 1. The van der Waals surface area contributed by atoms with Gasteiger partial charge in [0.05, 0.1) is 5.88 Å². The fourth-order valence-corrected chi connectivity index (χ4v) is 2.03. The van der Waals surface area contributed by atoms with E-state index in [4.69, 9.17) is 0 Å².